The molecule has 2 rings (SSSR count). The largest absolute Gasteiger partial charge is 0.476 e. The van der Waals surface area contributed by atoms with Gasteiger partial charge in [0.05, 0.1) is 10.7 Å². The summed E-state index contributed by atoms with van der Waals surface area (Å²) in [6.07, 6.45) is 4.14. The number of hydrogen-bond acceptors (Lipinski definition) is 3. The van der Waals surface area contributed by atoms with Crippen LogP contribution in [0.4, 0.5) is 5.69 Å². The number of carbonyl (C=O) groups is 1. The highest BCUT2D eigenvalue weighted by atomic mass is 35.5. The highest BCUT2D eigenvalue weighted by molar-refractivity contribution is 6.46. The van der Waals surface area contributed by atoms with E-state index in [0.717, 1.165) is 32.2 Å². The molecule has 1 aliphatic rings. The third kappa shape index (κ3) is 2.83. The SMILES string of the molecule is CC[C@@H]1CCCCN1c1c(Cl)c(Cl)nc(C(=O)O)c1Cl. The molecule has 4 nitrogen and oxygen atoms in total. The Morgan fingerprint density at radius 3 is 2.65 bits per heavy atom. The van der Waals surface area contributed by atoms with Gasteiger partial charge >= 0.3 is 5.97 Å². The molecule has 1 saturated heterocycles. The van der Waals surface area contributed by atoms with Crippen LogP contribution in [0.5, 0.6) is 0 Å². The Hall–Kier alpha value is -0.710. The Bertz CT molecular complexity index is 537. The van der Waals surface area contributed by atoms with Gasteiger partial charge in [0.1, 0.15) is 5.02 Å². The minimum atomic E-state index is -1.21. The number of anilines is 1. The number of rotatable bonds is 3. The van der Waals surface area contributed by atoms with E-state index >= 15 is 0 Å². The van der Waals surface area contributed by atoms with Crippen molar-refractivity contribution in [1.82, 2.24) is 4.98 Å². The lowest BCUT2D eigenvalue weighted by Gasteiger charge is -2.38. The van der Waals surface area contributed by atoms with Crippen molar-refractivity contribution in [3.63, 3.8) is 0 Å². The Morgan fingerprint density at radius 1 is 1.35 bits per heavy atom. The van der Waals surface area contributed by atoms with Crippen molar-refractivity contribution in [2.75, 3.05) is 11.4 Å². The van der Waals surface area contributed by atoms with Gasteiger partial charge in [-0.1, -0.05) is 41.7 Å². The lowest BCUT2D eigenvalue weighted by molar-refractivity contribution is 0.0690. The Labute approximate surface area is 132 Å². The van der Waals surface area contributed by atoms with E-state index in [0.29, 0.717) is 11.7 Å². The second-order valence-electron chi connectivity index (χ2n) is 4.78. The van der Waals surface area contributed by atoms with Gasteiger partial charge in [0.25, 0.3) is 0 Å². The molecule has 0 spiro atoms. The highest BCUT2D eigenvalue weighted by Crippen LogP contribution is 2.42. The van der Waals surface area contributed by atoms with Crippen LogP contribution in [-0.2, 0) is 0 Å². The number of carboxylic acids is 1. The quantitative estimate of drug-likeness (QED) is 0.825. The van der Waals surface area contributed by atoms with Crippen molar-refractivity contribution < 1.29 is 9.90 Å². The Morgan fingerprint density at radius 2 is 2.05 bits per heavy atom. The van der Waals surface area contributed by atoms with E-state index in [2.05, 4.69) is 16.8 Å². The molecule has 0 amide bonds. The fraction of sp³-hybridized carbons (Fsp3) is 0.538. The molecule has 7 heteroatoms. The topological polar surface area (TPSA) is 53.4 Å². The molecule has 2 heterocycles. The van der Waals surface area contributed by atoms with Crippen LogP contribution in [0.25, 0.3) is 0 Å². The second-order valence-corrected chi connectivity index (χ2v) is 5.90. The number of pyridine rings is 1. The van der Waals surface area contributed by atoms with Gasteiger partial charge in [0, 0.05) is 12.6 Å². The summed E-state index contributed by atoms with van der Waals surface area (Å²) < 4.78 is 0. The van der Waals surface area contributed by atoms with Crippen molar-refractivity contribution >= 4 is 46.5 Å². The Balaban J connectivity index is 2.56. The number of nitrogens with zero attached hydrogens (tertiary/aromatic N) is 2. The predicted molar refractivity (Wildman–Crippen MR) is 81.5 cm³/mol. The molecule has 0 bridgehead atoms. The maximum absolute atomic E-state index is 11.2. The molecule has 1 atom stereocenters. The number of halogens is 3. The monoisotopic (exact) mass is 336 g/mol. The van der Waals surface area contributed by atoms with Crippen molar-refractivity contribution in [3.05, 3.63) is 20.9 Å². The summed E-state index contributed by atoms with van der Waals surface area (Å²) in [7, 11) is 0. The molecular weight excluding hydrogens is 323 g/mol. The van der Waals surface area contributed by atoms with Crippen molar-refractivity contribution in [2.24, 2.45) is 0 Å². The molecule has 1 fully saturated rings. The van der Waals surface area contributed by atoms with E-state index in [9.17, 15) is 4.79 Å². The average Bonchev–Trinajstić information content (AvgIpc) is 2.43. The zero-order chi connectivity index (χ0) is 14.9. The first-order valence-corrected chi connectivity index (χ1v) is 7.65. The first-order chi connectivity index (χ1) is 9.47. The molecule has 0 unspecified atom stereocenters. The van der Waals surface area contributed by atoms with E-state index < -0.39 is 5.97 Å². The lowest BCUT2D eigenvalue weighted by atomic mass is 9.99. The minimum Gasteiger partial charge on any atom is -0.476 e. The molecule has 0 aromatic carbocycles. The van der Waals surface area contributed by atoms with Gasteiger partial charge < -0.3 is 10.0 Å². The molecule has 1 aromatic heterocycles. The van der Waals surface area contributed by atoms with Crippen LogP contribution in [0.1, 0.15) is 43.1 Å². The summed E-state index contributed by atoms with van der Waals surface area (Å²) in [4.78, 5) is 17.0. The number of carboxylic acid groups (broad SMARTS) is 1. The third-order valence-electron chi connectivity index (χ3n) is 3.60. The van der Waals surface area contributed by atoms with Crippen molar-refractivity contribution in [1.29, 1.82) is 0 Å². The average molecular weight is 338 g/mol. The predicted octanol–water partition coefficient (Wildman–Crippen LogP) is 4.51. The van der Waals surface area contributed by atoms with Gasteiger partial charge in [-0.05, 0) is 25.7 Å². The summed E-state index contributed by atoms with van der Waals surface area (Å²) in [5, 5.41) is 9.42. The van der Waals surface area contributed by atoms with Crippen LogP contribution in [0.2, 0.25) is 15.2 Å². The van der Waals surface area contributed by atoms with Gasteiger partial charge in [-0.15, -0.1) is 0 Å². The van der Waals surface area contributed by atoms with Crippen LogP contribution < -0.4 is 4.90 Å². The van der Waals surface area contributed by atoms with E-state index in [1.807, 2.05) is 0 Å². The summed E-state index contributed by atoms with van der Waals surface area (Å²) in [6.45, 7) is 2.88. The number of piperidine rings is 1. The summed E-state index contributed by atoms with van der Waals surface area (Å²) in [5.74, 6) is -1.21. The van der Waals surface area contributed by atoms with E-state index in [1.54, 1.807) is 0 Å². The minimum absolute atomic E-state index is 0.0242. The second kappa shape index (κ2) is 6.37. The van der Waals surface area contributed by atoms with Gasteiger partial charge in [0.2, 0.25) is 0 Å². The molecule has 0 aliphatic carbocycles. The molecular formula is C13H15Cl3N2O2. The molecule has 0 saturated carbocycles. The van der Waals surface area contributed by atoms with E-state index in [4.69, 9.17) is 39.9 Å². The van der Waals surface area contributed by atoms with Crippen LogP contribution in [-0.4, -0.2) is 28.6 Å². The lowest BCUT2D eigenvalue weighted by Crippen LogP contribution is -2.39. The first kappa shape index (κ1) is 15.7. The first-order valence-electron chi connectivity index (χ1n) is 6.51. The van der Waals surface area contributed by atoms with Crippen LogP contribution >= 0.6 is 34.8 Å². The fourth-order valence-electron chi connectivity index (χ4n) is 2.62. The molecule has 1 aromatic rings. The molecule has 1 N–H and O–H groups in total. The normalized spacial score (nSPS) is 19.2. The van der Waals surface area contributed by atoms with Crippen molar-refractivity contribution in [2.45, 2.75) is 38.6 Å². The fourth-order valence-corrected chi connectivity index (χ4v) is 3.41. The molecule has 1 aliphatic heterocycles. The van der Waals surface area contributed by atoms with Crippen LogP contribution in [0.15, 0.2) is 0 Å². The number of aromatic nitrogens is 1. The molecule has 110 valence electrons. The zero-order valence-corrected chi connectivity index (χ0v) is 13.3. The third-order valence-corrected chi connectivity index (χ3v) is 4.69. The van der Waals surface area contributed by atoms with Crippen LogP contribution in [0.3, 0.4) is 0 Å². The maximum Gasteiger partial charge on any atom is 0.356 e. The number of hydrogen-bond donors (Lipinski definition) is 1. The summed E-state index contributed by atoms with van der Waals surface area (Å²) in [5.41, 5.74) is 0.244. The molecule has 0 radical (unpaired) electrons. The van der Waals surface area contributed by atoms with Gasteiger partial charge in [0.15, 0.2) is 10.8 Å². The van der Waals surface area contributed by atoms with Gasteiger partial charge in [-0.2, -0.15) is 0 Å². The standard InChI is InChI=1S/C13H15Cl3N2O2/c1-2-7-5-3-4-6-18(7)11-8(14)10(13(19)20)17-12(16)9(11)15/h7H,2-6H2,1H3,(H,19,20)/t7-/m1/s1. The zero-order valence-electron chi connectivity index (χ0n) is 11.0. The smallest absolute Gasteiger partial charge is 0.356 e. The summed E-state index contributed by atoms with van der Waals surface area (Å²) >= 11 is 18.4. The van der Waals surface area contributed by atoms with Gasteiger partial charge in [-0.3, -0.25) is 0 Å². The van der Waals surface area contributed by atoms with Crippen LogP contribution in [0, 0.1) is 0 Å². The van der Waals surface area contributed by atoms with E-state index in [-0.39, 0.29) is 20.9 Å². The Kier molecular flexibility index (Phi) is 4.99. The summed E-state index contributed by atoms with van der Waals surface area (Å²) in [6, 6.07) is 0.291. The molecule has 20 heavy (non-hydrogen) atoms. The van der Waals surface area contributed by atoms with Crippen molar-refractivity contribution in [3.8, 4) is 0 Å². The maximum atomic E-state index is 11.2. The highest BCUT2D eigenvalue weighted by Gasteiger charge is 2.29. The number of aromatic carboxylic acids is 1. The van der Waals surface area contributed by atoms with E-state index in [1.165, 1.54) is 0 Å². The van der Waals surface area contributed by atoms with Gasteiger partial charge in [-0.25, -0.2) is 9.78 Å².